The highest BCUT2D eigenvalue weighted by atomic mass is 16.5. The summed E-state index contributed by atoms with van der Waals surface area (Å²) in [6, 6.07) is 5.37. The molecule has 1 heterocycles. The molecule has 0 aliphatic carbocycles. The second-order valence-electron chi connectivity index (χ2n) is 2.49. The van der Waals surface area contributed by atoms with Crippen molar-refractivity contribution in [1.29, 1.82) is 0 Å². The lowest BCUT2D eigenvalue weighted by Gasteiger charge is -1.96. The minimum Gasteiger partial charge on any atom is -0.497 e. The molecule has 4 heteroatoms. The Kier molecular flexibility index (Phi) is 1.40. The van der Waals surface area contributed by atoms with E-state index in [9.17, 15) is 4.79 Å². The zero-order chi connectivity index (χ0) is 8.55. The van der Waals surface area contributed by atoms with Crippen LogP contribution in [0.15, 0.2) is 23.0 Å². The van der Waals surface area contributed by atoms with Crippen molar-refractivity contribution >= 4 is 11.0 Å². The molecule has 0 amide bonds. The summed E-state index contributed by atoms with van der Waals surface area (Å²) in [5, 5.41) is 0. The van der Waals surface area contributed by atoms with Crippen molar-refractivity contribution in [3.8, 4) is 5.75 Å². The lowest BCUT2D eigenvalue weighted by Crippen LogP contribution is -1.99. The zero-order valence-electron chi connectivity index (χ0n) is 6.55. The summed E-state index contributed by atoms with van der Waals surface area (Å²) in [7, 11) is 1.59. The standard InChI is InChI=1S/C8H8N2O2/c1-12-5-2-3-6-7(4-5)10-8(11)9-6/h2-4H,1H3,(H2,9,10,11). The first-order valence-corrected chi connectivity index (χ1v) is 3.55. The van der Waals surface area contributed by atoms with Gasteiger partial charge in [0.2, 0.25) is 0 Å². The number of ether oxygens (including phenoxy) is 1. The van der Waals surface area contributed by atoms with Crippen LogP contribution in [-0.4, -0.2) is 17.1 Å². The molecular weight excluding hydrogens is 156 g/mol. The van der Waals surface area contributed by atoms with Crippen LogP contribution in [-0.2, 0) is 0 Å². The molecule has 0 fully saturated rings. The molecule has 2 rings (SSSR count). The highest BCUT2D eigenvalue weighted by molar-refractivity contribution is 5.75. The van der Waals surface area contributed by atoms with Gasteiger partial charge in [-0.1, -0.05) is 0 Å². The van der Waals surface area contributed by atoms with Gasteiger partial charge in [0, 0.05) is 6.07 Å². The summed E-state index contributed by atoms with van der Waals surface area (Å²) in [6.07, 6.45) is 0. The first-order chi connectivity index (χ1) is 5.79. The molecule has 2 aromatic rings. The van der Waals surface area contributed by atoms with Gasteiger partial charge in [-0.25, -0.2) is 4.79 Å². The highest BCUT2D eigenvalue weighted by Gasteiger charge is 1.98. The minimum absolute atomic E-state index is 0.196. The van der Waals surface area contributed by atoms with Crippen LogP contribution in [0.25, 0.3) is 11.0 Å². The molecule has 4 nitrogen and oxygen atoms in total. The van der Waals surface area contributed by atoms with Crippen molar-refractivity contribution in [3.63, 3.8) is 0 Å². The Bertz CT molecular complexity index is 455. The molecule has 1 aromatic carbocycles. The van der Waals surface area contributed by atoms with E-state index >= 15 is 0 Å². The van der Waals surface area contributed by atoms with E-state index in [0.29, 0.717) is 0 Å². The number of fused-ring (bicyclic) bond motifs is 1. The van der Waals surface area contributed by atoms with Crippen molar-refractivity contribution < 1.29 is 4.74 Å². The maximum atomic E-state index is 10.8. The number of aromatic amines is 2. The van der Waals surface area contributed by atoms with Crippen LogP contribution in [0.4, 0.5) is 0 Å². The van der Waals surface area contributed by atoms with Gasteiger partial charge in [-0.05, 0) is 12.1 Å². The zero-order valence-corrected chi connectivity index (χ0v) is 6.55. The van der Waals surface area contributed by atoms with Crippen LogP contribution in [0.5, 0.6) is 5.75 Å². The molecule has 0 saturated heterocycles. The fourth-order valence-electron chi connectivity index (χ4n) is 1.14. The first-order valence-electron chi connectivity index (χ1n) is 3.55. The van der Waals surface area contributed by atoms with Crippen molar-refractivity contribution in [1.82, 2.24) is 9.97 Å². The molecule has 2 N–H and O–H groups in total. The number of H-pyrrole nitrogens is 2. The Balaban J connectivity index is 2.74. The molecule has 0 atom stereocenters. The number of aromatic nitrogens is 2. The lowest BCUT2D eigenvalue weighted by molar-refractivity contribution is 0.415. The summed E-state index contributed by atoms with van der Waals surface area (Å²) < 4.78 is 5.00. The molecule has 0 saturated carbocycles. The number of benzene rings is 1. The average molecular weight is 164 g/mol. The van der Waals surface area contributed by atoms with Gasteiger partial charge in [0.05, 0.1) is 18.1 Å². The molecule has 62 valence electrons. The second-order valence-corrected chi connectivity index (χ2v) is 2.49. The largest absolute Gasteiger partial charge is 0.497 e. The molecule has 0 bridgehead atoms. The summed E-state index contributed by atoms with van der Waals surface area (Å²) in [4.78, 5) is 16.1. The van der Waals surface area contributed by atoms with E-state index in [1.165, 1.54) is 0 Å². The number of rotatable bonds is 1. The summed E-state index contributed by atoms with van der Waals surface area (Å²) >= 11 is 0. The third-order valence-corrected chi connectivity index (χ3v) is 1.72. The third-order valence-electron chi connectivity index (χ3n) is 1.72. The molecule has 1 aromatic heterocycles. The Hall–Kier alpha value is -1.71. The third kappa shape index (κ3) is 0.972. The highest BCUT2D eigenvalue weighted by Crippen LogP contribution is 2.15. The fraction of sp³-hybridized carbons (Fsp3) is 0.125. The second kappa shape index (κ2) is 2.41. The van der Waals surface area contributed by atoms with Gasteiger partial charge in [-0.3, -0.25) is 0 Å². The summed E-state index contributed by atoms with van der Waals surface area (Å²) in [5.41, 5.74) is 1.36. The van der Waals surface area contributed by atoms with Crippen LogP contribution in [0, 0.1) is 0 Å². The van der Waals surface area contributed by atoms with Crippen LogP contribution in [0.1, 0.15) is 0 Å². The number of methoxy groups -OCH3 is 1. The number of hydrogen-bond acceptors (Lipinski definition) is 2. The van der Waals surface area contributed by atoms with Gasteiger partial charge in [0.1, 0.15) is 5.75 Å². The Morgan fingerprint density at radius 1 is 1.25 bits per heavy atom. The van der Waals surface area contributed by atoms with Crippen LogP contribution in [0.2, 0.25) is 0 Å². The summed E-state index contributed by atoms with van der Waals surface area (Å²) in [6.45, 7) is 0. The average Bonchev–Trinajstić information content (AvgIpc) is 2.43. The molecule has 0 radical (unpaired) electrons. The van der Waals surface area contributed by atoms with E-state index in [-0.39, 0.29) is 5.69 Å². The van der Waals surface area contributed by atoms with E-state index < -0.39 is 0 Å². The van der Waals surface area contributed by atoms with Gasteiger partial charge >= 0.3 is 5.69 Å². The Morgan fingerprint density at radius 2 is 2.00 bits per heavy atom. The van der Waals surface area contributed by atoms with Crippen LogP contribution in [0.3, 0.4) is 0 Å². The molecule has 0 aliphatic rings. The topological polar surface area (TPSA) is 57.9 Å². The van der Waals surface area contributed by atoms with Crippen molar-refractivity contribution in [2.45, 2.75) is 0 Å². The predicted octanol–water partition coefficient (Wildman–Crippen LogP) is 0.865. The maximum absolute atomic E-state index is 10.8. The number of imidazole rings is 1. The van der Waals surface area contributed by atoms with Gasteiger partial charge < -0.3 is 14.7 Å². The maximum Gasteiger partial charge on any atom is 0.323 e. The fourth-order valence-corrected chi connectivity index (χ4v) is 1.14. The van der Waals surface area contributed by atoms with Gasteiger partial charge in [0.25, 0.3) is 0 Å². The molecular formula is C8H8N2O2. The molecule has 0 spiro atoms. The lowest BCUT2D eigenvalue weighted by atomic mass is 10.3. The smallest absolute Gasteiger partial charge is 0.323 e. The van der Waals surface area contributed by atoms with Gasteiger partial charge in [-0.15, -0.1) is 0 Å². The van der Waals surface area contributed by atoms with Crippen molar-refractivity contribution in [2.75, 3.05) is 7.11 Å². The van der Waals surface area contributed by atoms with E-state index in [1.54, 1.807) is 25.3 Å². The summed E-state index contributed by atoms with van der Waals surface area (Å²) in [5.74, 6) is 0.734. The van der Waals surface area contributed by atoms with Crippen LogP contribution < -0.4 is 10.4 Å². The Morgan fingerprint density at radius 3 is 2.75 bits per heavy atom. The van der Waals surface area contributed by atoms with Crippen LogP contribution >= 0.6 is 0 Å². The quantitative estimate of drug-likeness (QED) is 0.656. The first kappa shape index (κ1) is 6.97. The van der Waals surface area contributed by atoms with E-state index in [2.05, 4.69) is 9.97 Å². The van der Waals surface area contributed by atoms with E-state index in [0.717, 1.165) is 16.8 Å². The van der Waals surface area contributed by atoms with Gasteiger partial charge in [-0.2, -0.15) is 0 Å². The SMILES string of the molecule is COc1ccc2[nH]c(=O)[nH]c2c1. The molecule has 0 unspecified atom stereocenters. The number of nitrogens with one attached hydrogen (secondary N) is 2. The predicted molar refractivity (Wildman–Crippen MR) is 45.5 cm³/mol. The van der Waals surface area contributed by atoms with Crippen molar-refractivity contribution in [3.05, 3.63) is 28.7 Å². The van der Waals surface area contributed by atoms with E-state index in [1.807, 2.05) is 0 Å². The molecule has 0 aliphatic heterocycles. The Labute approximate surface area is 68.2 Å². The van der Waals surface area contributed by atoms with Crippen molar-refractivity contribution in [2.24, 2.45) is 0 Å². The molecule has 12 heavy (non-hydrogen) atoms. The minimum atomic E-state index is -0.196. The monoisotopic (exact) mass is 164 g/mol. The van der Waals surface area contributed by atoms with E-state index in [4.69, 9.17) is 4.74 Å². The number of hydrogen-bond donors (Lipinski definition) is 2. The van der Waals surface area contributed by atoms with Gasteiger partial charge in [0.15, 0.2) is 0 Å². The normalized spacial score (nSPS) is 10.4.